The maximum absolute atomic E-state index is 12.7. The number of aromatic nitrogens is 1. The van der Waals surface area contributed by atoms with Crippen LogP contribution in [-0.4, -0.2) is 36.0 Å². The molecule has 0 saturated carbocycles. The molecule has 1 N–H and O–H groups in total. The second-order valence-corrected chi connectivity index (χ2v) is 9.17. The van der Waals surface area contributed by atoms with Crippen molar-refractivity contribution < 1.29 is 9.53 Å². The molecule has 2 heterocycles. The Morgan fingerprint density at radius 1 is 1.09 bits per heavy atom. The molecule has 4 rings (SSSR count). The molecule has 0 bridgehead atoms. The number of benzene rings is 2. The molecule has 1 amide bonds. The monoisotopic (exact) mass is 475 g/mol. The number of halogens is 1. The quantitative estimate of drug-likeness (QED) is 0.415. The zero-order valence-corrected chi connectivity index (χ0v) is 20.7. The van der Waals surface area contributed by atoms with Gasteiger partial charge >= 0.3 is 0 Å². The molecule has 5 nitrogen and oxygen atoms in total. The summed E-state index contributed by atoms with van der Waals surface area (Å²) in [6, 6.07) is 15.8. The van der Waals surface area contributed by atoms with Gasteiger partial charge in [-0.1, -0.05) is 36.4 Å². The van der Waals surface area contributed by atoms with Crippen LogP contribution in [0.25, 0.3) is 5.70 Å². The summed E-state index contributed by atoms with van der Waals surface area (Å²) in [5.41, 5.74) is 6.79. The Morgan fingerprint density at radius 3 is 2.41 bits per heavy atom. The maximum Gasteiger partial charge on any atom is 0.257 e. The lowest BCUT2D eigenvalue weighted by Gasteiger charge is -2.35. The number of methoxy groups -OCH3 is 1. The van der Waals surface area contributed by atoms with Crippen molar-refractivity contribution >= 4 is 28.9 Å². The Kier molecular flexibility index (Phi) is 7.23. The van der Waals surface area contributed by atoms with Gasteiger partial charge in [0.15, 0.2) is 0 Å². The number of rotatable bonds is 6. The molecule has 1 aliphatic heterocycles. The molecule has 1 aromatic heterocycles. The fourth-order valence-corrected chi connectivity index (χ4v) is 4.64. The zero-order valence-electron chi connectivity index (χ0n) is 19.9. The molecule has 34 heavy (non-hydrogen) atoms. The van der Waals surface area contributed by atoms with Crippen LogP contribution in [0.4, 0.5) is 5.69 Å². The molecular formula is C28H30ClN3O2. The van der Waals surface area contributed by atoms with Gasteiger partial charge < -0.3 is 15.0 Å². The van der Waals surface area contributed by atoms with E-state index in [0.29, 0.717) is 16.6 Å². The summed E-state index contributed by atoms with van der Waals surface area (Å²) in [5.74, 6) is 1.21. The molecule has 1 fully saturated rings. The van der Waals surface area contributed by atoms with E-state index in [0.717, 1.165) is 59.8 Å². The normalized spacial score (nSPS) is 14.1. The summed E-state index contributed by atoms with van der Waals surface area (Å²) in [4.78, 5) is 19.1. The van der Waals surface area contributed by atoms with Crippen LogP contribution in [0.2, 0.25) is 5.15 Å². The van der Waals surface area contributed by atoms with Gasteiger partial charge in [-0.2, -0.15) is 0 Å². The van der Waals surface area contributed by atoms with Crippen LogP contribution in [0.3, 0.4) is 0 Å². The number of nitrogens with zero attached hydrogens (tertiary/aromatic N) is 2. The van der Waals surface area contributed by atoms with Gasteiger partial charge in [-0.3, -0.25) is 4.79 Å². The van der Waals surface area contributed by atoms with Crippen LogP contribution >= 0.6 is 11.6 Å². The van der Waals surface area contributed by atoms with Crippen molar-refractivity contribution in [3.63, 3.8) is 0 Å². The number of likely N-dealkylation sites (tertiary alicyclic amines) is 1. The van der Waals surface area contributed by atoms with E-state index in [-0.39, 0.29) is 5.91 Å². The van der Waals surface area contributed by atoms with Gasteiger partial charge in [0.25, 0.3) is 5.91 Å². The summed E-state index contributed by atoms with van der Waals surface area (Å²) in [6.07, 6.45) is 3.63. The van der Waals surface area contributed by atoms with Gasteiger partial charge in [0, 0.05) is 36.2 Å². The Bertz CT molecular complexity index is 1180. The average Bonchev–Trinajstić information content (AvgIpc) is 2.86. The largest absolute Gasteiger partial charge is 0.497 e. The minimum absolute atomic E-state index is 0.215. The fourth-order valence-electron chi connectivity index (χ4n) is 4.53. The van der Waals surface area contributed by atoms with Gasteiger partial charge in [0.1, 0.15) is 10.9 Å². The third kappa shape index (κ3) is 5.26. The molecule has 0 spiro atoms. The summed E-state index contributed by atoms with van der Waals surface area (Å²) in [7, 11) is 1.69. The second-order valence-electron chi connectivity index (χ2n) is 8.79. The SMILES string of the molecule is C=C(c1cc(NC(=O)c2ccc(Cl)nc2)c(C)cc1C)N1CCC(c2ccc(OC)cc2)CC1. The molecule has 6 heteroatoms. The summed E-state index contributed by atoms with van der Waals surface area (Å²) >= 11 is 5.84. The summed E-state index contributed by atoms with van der Waals surface area (Å²) < 4.78 is 5.28. The topological polar surface area (TPSA) is 54.5 Å². The van der Waals surface area contributed by atoms with Crippen LogP contribution in [-0.2, 0) is 0 Å². The van der Waals surface area contributed by atoms with E-state index in [1.807, 2.05) is 25.1 Å². The minimum Gasteiger partial charge on any atom is -0.497 e. The molecule has 0 radical (unpaired) electrons. The number of carbonyl (C=O) groups excluding carboxylic acids is 1. The number of hydrogen-bond donors (Lipinski definition) is 1. The summed E-state index contributed by atoms with van der Waals surface area (Å²) in [6.45, 7) is 10.4. The van der Waals surface area contributed by atoms with Crippen LogP contribution < -0.4 is 10.1 Å². The molecule has 2 aromatic carbocycles. The Morgan fingerprint density at radius 2 is 1.79 bits per heavy atom. The number of carbonyl (C=O) groups is 1. The highest BCUT2D eigenvalue weighted by atomic mass is 35.5. The number of hydrogen-bond acceptors (Lipinski definition) is 4. The van der Waals surface area contributed by atoms with Crippen molar-refractivity contribution in [1.29, 1.82) is 0 Å². The number of amides is 1. The molecule has 3 aromatic rings. The van der Waals surface area contributed by atoms with E-state index >= 15 is 0 Å². The van der Waals surface area contributed by atoms with E-state index < -0.39 is 0 Å². The van der Waals surface area contributed by atoms with Gasteiger partial charge in [-0.25, -0.2) is 4.98 Å². The van der Waals surface area contributed by atoms with Crippen molar-refractivity contribution in [2.24, 2.45) is 0 Å². The highest BCUT2D eigenvalue weighted by Gasteiger charge is 2.23. The Hall–Kier alpha value is -3.31. The zero-order chi connectivity index (χ0) is 24.2. The predicted molar refractivity (Wildman–Crippen MR) is 139 cm³/mol. The number of piperidine rings is 1. The van der Waals surface area contributed by atoms with E-state index in [9.17, 15) is 4.79 Å². The van der Waals surface area contributed by atoms with Gasteiger partial charge in [-0.15, -0.1) is 0 Å². The first-order valence-corrected chi connectivity index (χ1v) is 11.9. The van der Waals surface area contributed by atoms with Crippen molar-refractivity contribution in [2.75, 3.05) is 25.5 Å². The first-order valence-electron chi connectivity index (χ1n) is 11.5. The highest BCUT2D eigenvalue weighted by molar-refractivity contribution is 6.29. The first-order chi connectivity index (χ1) is 16.4. The van der Waals surface area contributed by atoms with E-state index in [4.69, 9.17) is 16.3 Å². The number of pyridine rings is 1. The number of aryl methyl sites for hydroxylation is 2. The first kappa shape index (κ1) is 23.8. The molecule has 1 saturated heterocycles. The lowest BCUT2D eigenvalue weighted by molar-refractivity contribution is 0.102. The molecule has 0 aliphatic carbocycles. The van der Waals surface area contributed by atoms with Crippen LogP contribution in [0.15, 0.2) is 61.3 Å². The summed E-state index contributed by atoms with van der Waals surface area (Å²) in [5, 5.41) is 3.38. The lowest BCUT2D eigenvalue weighted by Crippen LogP contribution is -2.31. The highest BCUT2D eigenvalue weighted by Crippen LogP contribution is 2.34. The van der Waals surface area contributed by atoms with E-state index in [2.05, 4.69) is 46.9 Å². The van der Waals surface area contributed by atoms with E-state index in [1.54, 1.807) is 19.2 Å². The number of nitrogens with one attached hydrogen (secondary N) is 1. The van der Waals surface area contributed by atoms with Crippen molar-refractivity contribution in [3.05, 3.63) is 94.3 Å². The molecular weight excluding hydrogens is 446 g/mol. The minimum atomic E-state index is -0.215. The van der Waals surface area contributed by atoms with Crippen LogP contribution in [0, 0.1) is 13.8 Å². The maximum atomic E-state index is 12.7. The second kappa shape index (κ2) is 10.3. The Balaban J connectivity index is 1.45. The third-order valence-corrected chi connectivity index (χ3v) is 6.81. The Labute approximate surface area is 206 Å². The van der Waals surface area contributed by atoms with Crippen molar-refractivity contribution in [1.82, 2.24) is 9.88 Å². The number of anilines is 1. The smallest absolute Gasteiger partial charge is 0.257 e. The fraction of sp³-hybridized carbons (Fsp3) is 0.286. The standard InChI is InChI=1S/C28H30ClN3O2/c1-18-15-19(2)26(31-28(33)23-7-10-27(29)30-17-23)16-25(18)20(3)32-13-11-22(12-14-32)21-5-8-24(34-4)9-6-21/h5-10,15-17,22H,3,11-14H2,1-2,4H3,(H,31,33). The predicted octanol–water partition coefficient (Wildman–Crippen LogP) is 6.46. The van der Waals surface area contributed by atoms with Crippen molar-refractivity contribution in [3.8, 4) is 5.75 Å². The van der Waals surface area contributed by atoms with Gasteiger partial charge in [-0.05, 0) is 79.6 Å². The van der Waals surface area contributed by atoms with E-state index in [1.165, 1.54) is 11.8 Å². The molecule has 0 atom stereocenters. The van der Waals surface area contributed by atoms with Crippen LogP contribution in [0.5, 0.6) is 5.75 Å². The molecule has 176 valence electrons. The van der Waals surface area contributed by atoms with Gasteiger partial charge in [0.05, 0.1) is 12.7 Å². The van der Waals surface area contributed by atoms with Gasteiger partial charge in [0.2, 0.25) is 0 Å². The van der Waals surface area contributed by atoms with Crippen molar-refractivity contribution in [2.45, 2.75) is 32.6 Å². The average molecular weight is 476 g/mol. The van der Waals surface area contributed by atoms with Crippen LogP contribution in [0.1, 0.15) is 51.4 Å². The molecule has 1 aliphatic rings. The lowest BCUT2D eigenvalue weighted by atomic mass is 9.88. The molecule has 0 unspecified atom stereocenters. The number of ether oxygens (including phenoxy) is 1. The third-order valence-electron chi connectivity index (χ3n) is 6.58.